The summed E-state index contributed by atoms with van der Waals surface area (Å²) in [7, 11) is 0. The van der Waals surface area contributed by atoms with Crippen LogP contribution in [0.5, 0.6) is 11.5 Å². The van der Waals surface area contributed by atoms with Crippen LogP contribution in [0.3, 0.4) is 0 Å². The van der Waals surface area contributed by atoms with Crippen LogP contribution in [0.15, 0.2) is 42.5 Å². The van der Waals surface area contributed by atoms with Gasteiger partial charge in [-0.05, 0) is 44.2 Å². The summed E-state index contributed by atoms with van der Waals surface area (Å²) in [6.45, 7) is 4.17. The molecule has 0 aromatic heterocycles. The number of benzene rings is 2. The van der Waals surface area contributed by atoms with Crippen LogP contribution in [0.1, 0.15) is 22.8 Å². The Labute approximate surface area is 162 Å². The van der Waals surface area contributed by atoms with Gasteiger partial charge in [0, 0.05) is 11.3 Å². The molecule has 0 aliphatic carbocycles. The van der Waals surface area contributed by atoms with E-state index in [1.165, 1.54) is 4.90 Å². The van der Waals surface area contributed by atoms with Gasteiger partial charge >= 0.3 is 6.03 Å². The van der Waals surface area contributed by atoms with Crippen LogP contribution >= 0.6 is 0 Å². The lowest BCUT2D eigenvalue weighted by Crippen LogP contribution is -2.37. The number of aryl methyl sites for hydroxylation is 1. The van der Waals surface area contributed by atoms with Crippen LogP contribution in [0.4, 0.5) is 10.5 Å². The van der Waals surface area contributed by atoms with Crippen LogP contribution < -0.4 is 14.4 Å². The fraction of sp³-hybridized carbons (Fsp3) is 0.286. The van der Waals surface area contributed by atoms with Crippen LogP contribution in [-0.2, 0) is 4.79 Å². The van der Waals surface area contributed by atoms with E-state index in [0.29, 0.717) is 36.0 Å². The van der Waals surface area contributed by atoms with E-state index in [2.05, 4.69) is 0 Å². The van der Waals surface area contributed by atoms with Gasteiger partial charge in [-0.2, -0.15) is 0 Å². The number of anilines is 1. The van der Waals surface area contributed by atoms with Crippen molar-refractivity contribution >= 4 is 23.4 Å². The van der Waals surface area contributed by atoms with E-state index in [9.17, 15) is 14.4 Å². The maximum atomic E-state index is 12.8. The first kappa shape index (κ1) is 18.0. The van der Waals surface area contributed by atoms with E-state index in [-0.39, 0.29) is 12.3 Å². The highest BCUT2D eigenvalue weighted by Crippen LogP contribution is 2.31. The SMILES string of the molecule is Cc1ccc(N2C(=O)N(CC(=O)c3ccc4c(c3)OCCO4)C(=O)[C@@H]2C)cc1. The minimum absolute atomic E-state index is 0.315. The van der Waals surface area contributed by atoms with Crippen molar-refractivity contribution in [3.63, 3.8) is 0 Å². The Morgan fingerprint density at radius 2 is 1.71 bits per heavy atom. The molecule has 1 saturated heterocycles. The van der Waals surface area contributed by atoms with Gasteiger partial charge in [0.25, 0.3) is 5.91 Å². The third kappa shape index (κ3) is 3.09. The Kier molecular flexibility index (Phi) is 4.50. The second-order valence-corrected chi connectivity index (χ2v) is 6.87. The lowest BCUT2D eigenvalue weighted by Gasteiger charge is -2.20. The molecular formula is C21H20N2O5. The van der Waals surface area contributed by atoms with E-state index in [4.69, 9.17) is 9.47 Å². The molecule has 1 fully saturated rings. The van der Waals surface area contributed by atoms with Crippen LogP contribution in [0.25, 0.3) is 0 Å². The molecule has 0 N–H and O–H groups in total. The number of ether oxygens (including phenoxy) is 2. The second kappa shape index (κ2) is 6.99. The molecule has 2 aromatic carbocycles. The minimum Gasteiger partial charge on any atom is -0.486 e. The zero-order valence-corrected chi connectivity index (χ0v) is 15.7. The van der Waals surface area contributed by atoms with Gasteiger partial charge in [0.2, 0.25) is 0 Å². The molecule has 3 amide bonds. The van der Waals surface area contributed by atoms with E-state index in [0.717, 1.165) is 10.5 Å². The zero-order valence-electron chi connectivity index (χ0n) is 15.7. The molecule has 7 heteroatoms. The number of Topliss-reactive ketones (excluding diaryl/α,β-unsaturated/α-hetero) is 1. The van der Waals surface area contributed by atoms with Gasteiger partial charge in [0.15, 0.2) is 17.3 Å². The summed E-state index contributed by atoms with van der Waals surface area (Å²) in [5.74, 6) is 0.342. The zero-order chi connectivity index (χ0) is 19.8. The Balaban J connectivity index is 1.54. The molecule has 2 aromatic rings. The predicted molar refractivity (Wildman–Crippen MR) is 102 cm³/mol. The van der Waals surface area contributed by atoms with Crippen molar-refractivity contribution in [2.45, 2.75) is 19.9 Å². The summed E-state index contributed by atoms with van der Waals surface area (Å²) < 4.78 is 10.9. The molecule has 0 saturated carbocycles. The molecular weight excluding hydrogens is 360 g/mol. The largest absolute Gasteiger partial charge is 0.486 e. The van der Waals surface area contributed by atoms with Gasteiger partial charge in [-0.15, -0.1) is 0 Å². The number of carbonyl (C=O) groups excluding carboxylic acids is 3. The first-order chi connectivity index (χ1) is 13.5. The number of urea groups is 1. The smallest absolute Gasteiger partial charge is 0.332 e. The molecule has 144 valence electrons. The molecule has 0 radical (unpaired) electrons. The van der Waals surface area contributed by atoms with E-state index >= 15 is 0 Å². The van der Waals surface area contributed by atoms with Gasteiger partial charge in [0.05, 0.1) is 6.54 Å². The van der Waals surface area contributed by atoms with Crippen molar-refractivity contribution < 1.29 is 23.9 Å². The lowest BCUT2D eigenvalue weighted by molar-refractivity contribution is -0.126. The van der Waals surface area contributed by atoms with E-state index < -0.39 is 18.0 Å². The molecule has 0 unspecified atom stereocenters. The van der Waals surface area contributed by atoms with Crippen LogP contribution in [-0.4, -0.2) is 48.4 Å². The molecule has 2 aliphatic rings. The Morgan fingerprint density at radius 3 is 2.43 bits per heavy atom. The first-order valence-corrected chi connectivity index (χ1v) is 9.10. The number of hydrogen-bond acceptors (Lipinski definition) is 5. The molecule has 4 rings (SSSR count). The van der Waals surface area contributed by atoms with Gasteiger partial charge in [-0.3, -0.25) is 19.4 Å². The maximum Gasteiger partial charge on any atom is 0.332 e. The summed E-state index contributed by atoms with van der Waals surface area (Å²) in [6, 6.07) is 11.1. The van der Waals surface area contributed by atoms with Crippen molar-refractivity contribution in [2.75, 3.05) is 24.7 Å². The summed E-state index contributed by atoms with van der Waals surface area (Å²) in [5, 5.41) is 0. The van der Waals surface area contributed by atoms with Crippen molar-refractivity contribution in [1.29, 1.82) is 0 Å². The minimum atomic E-state index is -0.664. The topological polar surface area (TPSA) is 76.2 Å². The fourth-order valence-electron chi connectivity index (χ4n) is 3.36. The first-order valence-electron chi connectivity index (χ1n) is 9.10. The molecule has 1 atom stereocenters. The number of rotatable bonds is 4. The number of ketones is 1. The van der Waals surface area contributed by atoms with E-state index in [1.807, 2.05) is 19.1 Å². The average molecular weight is 380 g/mol. The summed E-state index contributed by atoms with van der Waals surface area (Å²) in [5.41, 5.74) is 2.05. The molecule has 0 bridgehead atoms. The van der Waals surface area contributed by atoms with Crippen molar-refractivity contribution in [1.82, 2.24) is 4.90 Å². The fourth-order valence-corrected chi connectivity index (χ4v) is 3.36. The number of nitrogens with zero attached hydrogens (tertiary/aromatic N) is 2. The second-order valence-electron chi connectivity index (χ2n) is 6.87. The quantitative estimate of drug-likeness (QED) is 0.602. The molecule has 2 heterocycles. The number of carbonyl (C=O) groups is 3. The van der Waals surface area contributed by atoms with Crippen LogP contribution in [0.2, 0.25) is 0 Å². The highest BCUT2D eigenvalue weighted by atomic mass is 16.6. The molecule has 28 heavy (non-hydrogen) atoms. The van der Waals surface area contributed by atoms with Gasteiger partial charge in [-0.1, -0.05) is 17.7 Å². The van der Waals surface area contributed by atoms with Crippen molar-refractivity contribution in [3.05, 3.63) is 53.6 Å². The number of amides is 3. The molecule has 7 nitrogen and oxygen atoms in total. The number of fused-ring (bicyclic) bond motifs is 1. The third-order valence-electron chi connectivity index (χ3n) is 4.93. The van der Waals surface area contributed by atoms with Gasteiger partial charge in [-0.25, -0.2) is 4.79 Å². The Morgan fingerprint density at radius 1 is 1.04 bits per heavy atom. The average Bonchev–Trinajstić information content (AvgIpc) is 2.91. The number of imide groups is 1. The standard InChI is InChI=1S/C21H20N2O5/c1-13-3-6-16(7-4-13)23-14(2)20(25)22(21(23)26)12-17(24)15-5-8-18-19(11-15)28-10-9-27-18/h3-8,11,14H,9-10,12H2,1-2H3/t14-/m0/s1. The molecule has 0 spiro atoms. The van der Waals surface area contributed by atoms with Crippen molar-refractivity contribution in [3.8, 4) is 11.5 Å². The Hall–Kier alpha value is -3.35. The summed E-state index contributed by atoms with van der Waals surface area (Å²) in [4.78, 5) is 40.6. The maximum absolute atomic E-state index is 12.8. The predicted octanol–water partition coefficient (Wildman–Crippen LogP) is 2.81. The van der Waals surface area contributed by atoms with Crippen LogP contribution in [0, 0.1) is 6.92 Å². The third-order valence-corrected chi connectivity index (χ3v) is 4.93. The monoisotopic (exact) mass is 380 g/mol. The summed E-state index contributed by atoms with van der Waals surface area (Å²) in [6.07, 6.45) is 0. The highest BCUT2D eigenvalue weighted by Gasteiger charge is 2.44. The van der Waals surface area contributed by atoms with Crippen molar-refractivity contribution in [2.24, 2.45) is 0 Å². The Bertz CT molecular complexity index is 954. The number of hydrogen-bond donors (Lipinski definition) is 0. The van der Waals surface area contributed by atoms with Gasteiger partial charge in [0.1, 0.15) is 19.3 Å². The van der Waals surface area contributed by atoms with Gasteiger partial charge < -0.3 is 9.47 Å². The highest BCUT2D eigenvalue weighted by molar-refractivity contribution is 6.16. The summed E-state index contributed by atoms with van der Waals surface area (Å²) >= 11 is 0. The van der Waals surface area contributed by atoms with E-state index in [1.54, 1.807) is 37.3 Å². The lowest BCUT2D eigenvalue weighted by atomic mass is 10.1. The molecule has 2 aliphatic heterocycles. The normalized spacial score (nSPS) is 18.6.